The van der Waals surface area contributed by atoms with Crippen molar-refractivity contribution in [3.8, 4) is 0 Å². The number of hydrogen-bond acceptors (Lipinski definition) is 2. The number of ether oxygens (including phenoxy) is 1. The van der Waals surface area contributed by atoms with E-state index in [1.54, 1.807) is 0 Å². The first-order chi connectivity index (χ1) is 8.06. The summed E-state index contributed by atoms with van der Waals surface area (Å²) in [5.74, 6) is 0. The van der Waals surface area contributed by atoms with Crippen LogP contribution in [0.1, 0.15) is 72.1 Å². The molecule has 0 bridgehead atoms. The minimum atomic E-state index is 0.349. The van der Waals surface area contributed by atoms with Gasteiger partial charge in [-0.05, 0) is 24.7 Å². The molecule has 0 rings (SSSR count). The molecule has 0 saturated carbocycles. The number of aliphatic hydroxyl groups excluding tert-OH is 1. The van der Waals surface area contributed by atoms with Crippen LogP contribution in [0.4, 0.5) is 0 Å². The van der Waals surface area contributed by atoms with Crippen molar-refractivity contribution in [1.29, 1.82) is 0 Å². The van der Waals surface area contributed by atoms with E-state index in [2.05, 4.69) is 20.8 Å². The van der Waals surface area contributed by atoms with Gasteiger partial charge >= 0.3 is 0 Å². The van der Waals surface area contributed by atoms with Gasteiger partial charge in [0.05, 0.1) is 0 Å². The second-order valence-electron chi connectivity index (χ2n) is 6.12. The van der Waals surface area contributed by atoms with E-state index < -0.39 is 0 Å². The Morgan fingerprint density at radius 3 is 1.82 bits per heavy atom. The maximum atomic E-state index is 8.63. The van der Waals surface area contributed by atoms with E-state index in [0.29, 0.717) is 12.0 Å². The lowest BCUT2D eigenvalue weighted by atomic mass is 9.93. The van der Waals surface area contributed by atoms with E-state index in [0.717, 1.165) is 26.1 Å². The Bertz CT molecular complexity index is 149. The molecule has 0 aromatic carbocycles. The van der Waals surface area contributed by atoms with Gasteiger partial charge in [-0.15, -0.1) is 0 Å². The smallest absolute Gasteiger partial charge is 0.0471 e. The van der Waals surface area contributed by atoms with Gasteiger partial charge < -0.3 is 9.84 Å². The molecule has 0 radical (unpaired) electrons. The molecule has 0 aliphatic heterocycles. The van der Waals surface area contributed by atoms with E-state index in [1.807, 2.05) is 0 Å². The Balaban J connectivity index is 2.99. The third kappa shape index (κ3) is 15.9. The number of aliphatic hydroxyl groups is 1. The van der Waals surface area contributed by atoms with E-state index in [4.69, 9.17) is 9.84 Å². The predicted molar refractivity (Wildman–Crippen MR) is 74.3 cm³/mol. The van der Waals surface area contributed by atoms with Crippen molar-refractivity contribution < 1.29 is 9.84 Å². The minimum Gasteiger partial charge on any atom is -0.396 e. The lowest BCUT2D eigenvalue weighted by molar-refractivity contribution is 0.105. The highest BCUT2D eigenvalue weighted by atomic mass is 16.5. The zero-order valence-corrected chi connectivity index (χ0v) is 12.1. The van der Waals surface area contributed by atoms with Gasteiger partial charge in [-0.25, -0.2) is 0 Å². The summed E-state index contributed by atoms with van der Waals surface area (Å²) in [6.07, 6.45) is 9.67. The lowest BCUT2D eigenvalue weighted by Gasteiger charge is -2.17. The molecule has 2 heteroatoms. The largest absolute Gasteiger partial charge is 0.396 e. The summed E-state index contributed by atoms with van der Waals surface area (Å²) in [6.45, 7) is 8.93. The van der Waals surface area contributed by atoms with E-state index in [-0.39, 0.29) is 0 Å². The van der Waals surface area contributed by atoms with Crippen LogP contribution in [0.25, 0.3) is 0 Å². The first-order valence-electron chi connectivity index (χ1n) is 7.25. The Morgan fingerprint density at radius 2 is 1.29 bits per heavy atom. The fourth-order valence-corrected chi connectivity index (χ4v) is 1.68. The Labute approximate surface area is 108 Å². The number of rotatable bonds is 11. The summed E-state index contributed by atoms with van der Waals surface area (Å²) in [5, 5.41) is 8.63. The minimum absolute atomic E-state index is 0.349. The molecule has 0 aromatic heterocycles. The maximum Gasteiger partial charge on any atom is 0.0471 e. The van der Waals surface area contributed by atoms with Crippen molar-refractivity contribution >= 4 is 0 Å². The van der Waals surface area contributed by atoms with Gasteiger partial charge in [0.25, 0.3) is 0 Å². The highest BCUT2D eigenvalue weighted by Crippen LogP contribution is 2.18. The molecular formula is C15H32O2. The third-order valence-corrected chi connectivity index (χ3v) is 2.94. The molecule has 2 nitrogen and oxygen atoms in total. The molecule has 0 amide bonds. The molecule has 17 heavy (non-hydrogen) atoms. The van der Waals surface area contributed by atoms with Crippen LogP contribution in [0.15, 0.2) is 0 Å². The zero-order chi connectivity index (χ0) is 13.0. The normalized spacial score (nSPS) is 12.0. The van der Waals surface area contributed by atoms with Crippen molar-refractivity contribution in [3.05, 3.63) is 0 Å². The quantitative estimate of drug-likeness (QED) is 0.553. The van der Waals surface area contributed by atoms with Gasteiger partial charge in [-0.3, -0.25) is 0 Å². The number of hydrogen-bond donors (Lipinski definition) is 1. The molecule has 104 valence electrons. The monoisotopic (exact) mass is 244 g/mol. The molecule has 0 aliphatic carbocycles. The summed E-state index contributed by atoms with van der Waals surface area (Å²) < 4.78 is 5.62. The molecule has 0 aliphatic rings. The van der Waals surface area contributed by atoms with Gasteiger partial charge in [0.1, 0.15) is 0 Å². The van der Waals surface area contributed by atoms with E-state index in [1.165, 1.54) is 38.5 Å². The van der Waals surface area contributed by atoms with Crippen LogP contribution in [-0.2, 0) is 4.74 Å². The fraction of sp³-hybridized carbons (Fsp3) is 1.00. The van der Waals surface area contributed by atoms with Crippen LogP contribution in [0.2, 0.25) is 0 Å². The van der Waals surface area contributed by atoms with Gasteiger partial charge in [0, 0.05) is 19.8 Å². The third-order valence-electron chi connectivity index (χ3n) is 2.94. The summed E-state index contributed by atoms with van der Waals surface area (Å²) >= 11 is 0. The zero-order valence-electron chi connectivity index (χ0n) is 12.1. The molecule has 0 heterocycles. The lowest BCUT2D eigenvalue weighted by Crippen LogP contribution is -2.09. The highest BCUT2D eigenvalue weighted by molar-refractivity contribution is 4.59. The Hall–Kier alpha value is -0.0800. The van der Waals surface area contributed by atoms with Crippen LogP contribution in [-0.4, -0.2) is 24.9 Å². The van der Waals surface area contributed by atoms with Crippen molar-refractivity contribution in [2.45, 2.75) is 72.1 Å². The molecule has 0 unspecified atom stereocenters. The SMILES string of the molecule is CC(C)(C)CCOCCCCCCCCCO. The Morgan fingerprint density at radius 1 is 0.765 bits per heavy atom. The molecule has 0 spiro atoms. The topological polar surface area (TPSA) is 29.5 Å². The highest BCUT2D eigenvalue weighted by Gasteiger charge is 2.08. The van der Waals surface area contributed by atoms with Gasteiger partial charge in [-0.2, -0.15) is 0 Å². The van der Waals surface area contributed by atoms with Gasteiger partial charge in [0.15, 0.2) is 0 Å². The van der Waals surface area contributed by atoms with Crippen molar-refractivity contribution in [1.82, 2.24) is 0 Å². The second-order valence-corrected chi connectivity index (χ2v) is 6.12. The van der Waals surface area contributed by atoms with Crippen LogP contribution in [0.3, 0.4) is 0 Å². The molecule has 0 aromatic rings. The van der Waals surface area contributed by atoms with E-state index >= 15 is 0 Å². The van der Waals surface area contributed by atoms with Gasteiger partial charge in [0.2, 0.25) is 0 Å². The maximum absolute atomic E-state index is 8.63. The van der Waals surface area contributed by atoms with Gasteiger partial charge in [-0.1, -0.05) is 52.9 Å². The fourth-order valence-electron chi connectivity index (χ4n) is 1.68. The summed E-state index contributed by atoms with van der Waals surface area (Å²) in [5.41, 5.74) is 0.396. The summed E-state index contributed by atoms with van der Waals surface area (Å²) in [7, 11) is 0. The number of unbranched alkanes of at least 4 members (excludes halogenated alkanes) is 6. The summed E-state index contributed by atoms with van der Waals surface area (Å²) in [4.78, 5) is 0. The predicted octanol–water partition coefficient (Wildman–Crippen LogP) is 4.16. The van der Waals surface area contributed by atoms with Crippen molar-refractivity contribution in [2.24, 2.45) is 5.41 Å². The van der Waals surface area contributed by atoms with Crippen LogP contribution < -0.4 is 0 Å². The molecule has 0 atom stereocenters. The van der Waals surface area contributed by atoms with Crippen molar-refractivity contribution in [3.63, 3.8) is 0 Å². The van der Waals surface area contributed by atoms with Crippen molar-refractivity contribution in [2.75, 3.05) is 19.8 Å². The summed E-state index contributed by atoms with van der Waals surface area (Å²) in [6, 6.07) is 0. The first-order valence-corrected chi connectivity index (χ1v) is 7.25. The molecule has 0 saturated heterocycles. The average molecular weight is 244 g/mol. The van der Waals surface area contributed by atoms with E-state index in [9.17, 15) is 0 Å². The van der Waals surface area contributed by atoms with Crippen LogP contribution in [0, 0.1) is 5.41 Å². The Kier molecular flexibility index (Phi) is 11.0. The molecule has 1 N–H and O–H groups in total. The second kappa shape index (κ2) is 11.0. The van der Waals surface area contributed by atoms with Crippen LogP contribution >= 0.6 is 0 Å². The molecule has 0 fully saturated rings. The molecular weight excluding hydrogens is 212 g/mol. The standard InChI is InChI=1S/C15H32O2/c1-15(2,3)11-14-17-13-10-8-6-4-5-7-9-12-16/h16H,4-14H2,1-3H3. The average Bonchev–Trinajstić information content (AvgIpc) is 2.24. The first kappa shape index (κ1) is 16.9. The van der Waals surface area contributed by atoms with Crippen LogP contribution in [0.5, 0.6) is 0 Å².